The molecule has 0 aliphatic heterocycles. The van der Waals surface area contributed by atoms with E-state index in [9.17, 15) is 9.18 Å². The van der Waals surface area contributed by atoms with Crippen molar-refractivity contribution in [2.45, 2.75) is 27.2 Å². The quantitative estimate of drug-likeness (QED) is 0.832. The van der Waals surface area contributed by atoms with Crippen molar-refractivity contribution in [3.8, 4) is 5.75 Å². The molecule has 0 fully saturated rings. The van der Waals surface area contributed by atoms with Gasteiger partial charge in [-0.25, -0.2) is 4.39 Å². The average Bonchev–Trinajstić information content (AvgIpc) is 2.44. The fourth-order valence-electron chi connectivity index (χ4n) is 2.21. The summed E-state index contributed by atoms with van der Waals surface area (Å²) in [6.07, 6.45) is 0.0521. The highest BCUT2D eigenvalue weighted by Gasteiger charge is 2.10. The van der Waals surface area contributed by atoms with E-state index in [1.165, 1.54) is 6.07 Å². The molecule has 0 aliphatic carbocycles. The summed E-state index contributed by atoms with van der Waals surface area (Å²) < 4.78 is 19.1. The monoisotopic (exact) mass is 286 g/mol. The Balaban J connectivity index is 2.00. The van der Waals surface area contributed by atoms with Gasteiger partial charge in [0, 0.05) is 6.42 Å². The number of carbonyl (C=O) groups excluding carboxylic acids is 1. The van der Waals surface area contributed by atoms with Gasteiger partial charge in [0.25, 0.3) is 0 Å². The molecule has 0 aliphatic rings. The van der Waals surface area contributed by atoms with E-state index in [1.807, 2.05) is 26.8 Å². The molecule has 110 valence electrons. The second-order valence-corrected chi connectivity index (χ2v) is 5.30. The Morgan fingerprint density at radius 2 is 1.86 bits per heavy atom. The Bertz CT molecular complexity index is 662. The predicted molar refractivity (Wildman–Crippen MR) is 81.3 cm³/mol. The Kier molecular flexibility index (Phi) is 4.73. The van der Waals surface area contributed by atoms with Crippen molar-refractivity contribution < 1.29 is 13.9 Å². The van der Waals surface area contributed by atoms with E-state index >= 15 is 0 Å². The van der Waals surface area contributed by atoms with Gasteiger partial charge < -0.3 is 4.74 Å². The third-order valence-corrected chi connectivity index (χ3v) is 3.50. The summed E-state index contributed by atoms with van der Waals surface area (Å²) in [5.74, 6) is 0.224. The summed E-state index contributed by atoms with van der Waals surface area (Å²) in [6, 6.07) is 10.3. The predicted octanol–water partition coefficient (Wildman–Crippen LogP) is 3.94. The van der Waals surface area contributed by atoms with Crippen LogP contribution in [0.1, 0.15) is 22.3 Å². The normalized spacial score (nSPS) is 10.5. The summed E-state index contributed by atoms with van der Waals surface area (Å²) in [6.45, 7) is 5.92. The zero-order chi connectivity index (χ0) is 15.4. The summed E-state index contributed by atoms with van der Waals surface area (Å²) in [4.78, 5) is 11.9. The average molecular weight is 286 g/mol. The lowest BCUT2D eigenvalue weighted by molar-refractivity contribution is -0.120. The van der Waals surface area contributed by atoms with Crippen LogP contribution in [0.2, 0.25) is 0 Å². The summed E-state index contributed by atoms with van der Waals surface area (Å²) in [5.41, 5.74) is 3.66. The van der Waals surface area contributed by atoms with Crippen LogP contribution in [0.25, 0.3) is 0 Å². The number of ether oxygens (including phenoxy) is 1. The number of carbonyl (C=O) groups is 1. The van der Waals surface area contributed by atoms with Gasteiger partial charge in [-0.15, -0.1) is 0 Å². The number of halogens is 1. The van der Waals surface area contributed by atoms with Crippen molar-refractivity contribution in [1.29, 1.82) is 0 Å². The Hall–Kier alpha value is -2.16. The Morgan fingerprint density at radius 3 is 2.57 bits per heavy atom. The van der Waals surface area contributed by atoms with Crippen molar-refractivity contribution in [2.75, 3.05) is 6.61 Å². The zero-order valence-electron chi connectivity index (χ0n) is 12.6. The largest absolute Gasteiger partial charge is 0.486 e. The molecule has 0 spiro atoms. The molecule has 0 heterocycles. The molecule has 0 aromatic heterocycles. The van der Waals surface area contributed by atoms with E-state index in [0.717, 1.165) is 22.4 Å². The SMILES string of the molecule is Cc1cc(C)c(C)c(OCC(=O)Cc2ccccc2F)c1. The molecule has 2 aromatic rings. The van der Waals surface area contributed by atoms with Crippen LogP contribution in [-0.2, 0) is 11.2 Å². The van der Waals surface area contributed by atoms with Crippen LogP contribution in [-0.4, -0.2) is 12.4 Å². The van der Waals surface area contributed by atoms with E-state index in [4.69, 9.17) is 4.74 Å². The van der Waals surface area contributed by atoms with Gasteiger partial charge in [-0.2, -0.15) is 0 Å². The molecule has 0 radical (unpaired) electrons. The van der Waals surface area contributed by atoms with Gasteiger partial charge in [0.2, 0.25) is 0 Å². The molecule has 3 heteroatoms. The van der Waals surface area contributed by atoms with Gasteiger partial charge in [-0.3, -0.25) is 4.79 Å². The summed E-state index contributed by atoms with van der Waals surface area (Å²) >= 11 is 0. The molecule has 0 N–H and O–H groups in total. The lowest BCUT2D eigenvalue weighted by atomic mass is 10.1. The minimum Gasteiger partial charge on any atom is -0.486 e. The number of Topliss-reactive ketones (excluding diaryl/α,β-unsaturated/α-hetero) is 1. The Labute approximate surface area is 124 Å². The van der Waals surface area contributed by atoms with Crippen LogP contribution in [0, 0.1) is 26.6 Å². The van der Waals surface area contributed by atoms with Gasteiger partial charge >= 0.3 is 0 Å². The number of aryl methyl sites for hydroxylation is 2. The molecule has 0 unspecified atom stereocenters. The topological polar surface area (TPSA) is 26.3 Å². The molecule has 0 saturated carbocycles. The lowest BCUT2D eigenvalue weighted by Crippen LogP contribution is -2.15. The number of benzene rings is 2. The van der Waals surface area contributed by atoms with Crippen LogP contribution >= 0.6 is 0 Å². The van der Waals surface area contributed by atoms with Crippen molar-refractivity contribution in [3.05, 3.63) is 64.5 Å². The van der Waals surface area contributed by atoms with Crippen molar-refractivity contribution in [1.82, 2.24) is 0 Å². The molecule has 2 rings (SSSR count). The minimum atomic E-state index is -0.353. The first-order valence-electron chi connectivity index (χ1n) is 6.93. The van der Waals surface area contributed by atoms with Gasteiger partial charge in [0.05, 0.1) is 0 Å². The highest BCUT2D eigenvalue weighted by Crippen LogP contribution is 2.23. The zero-order valence-corrected chi connectivity index (χ0v) is 12.6. The van der Waals surface area contributed by atoms with Crippen LogP contribution in [0.4, 0.5) is 4.39 Å². The lowest BCUT2D eigenvalue weighted by Gasteiger charge is -2.12. The second kappa shape index (κ2) is 6.53. The molecule has 2 aromatic carbocycles. The highest BCUT2D eigenvalue weighted by molar-refractivity contribution is 5.82. The summed E-state index contributed by atoms with van der Waals surface area (Å²) in [5, 5.41) is 0. The van der Waals surface area contributed by atoms with Gasteiger partial charge in [-0.05, 0) is 55.2 Å². The van der Waals surface area contributed by atoms with Crippen LogP contribution < -0.4 is 4.74 Å². The number of rotatable bonds is 5. The van der Waals surface area contributed by atoms with Crippen LogP contribution in [0.5, 0.6) is 5.75 Å². The third kappa shape index (κ3) is 3.91. The molecule has 2 nitrogen and oxygen atoms in total. The number of ketones is 1. The van der Waals surface area contributed by atoms with Crippen LogP contribution in [0.3, 0.4) is 0 Å². The van der Waals surface area contributed by atoms with Gasteiger partial charge in [0.15, 0.2) is 5.78 Å². The van der Waals surface area contributed by atoms with Gasteiger partial charge in [-0.1, -0.05) is 24.3 Å². The standard InChI is InChI=1S/C18H19FO2/c1-12-8-13(2)14(3)18(9-12)21-11-16(20)10-15-6-4-5-7-17(15)19/h4-9H,10-11H2,1-3H3. The van der Waals surface area contributed by atoms with Crippen molar-refractivity contribution >= 4 is 5.78 Å². The summed E-state index contributed by atoms with van der Waals surface area (Å²) in [7, 11) is 0. The molecule has 21 heavy (non-hydrogen) atoms. The first kappa shape index (κ1) is 15.2. The maximum atomic E-state index is 13.5. The molecule has 0 saturated heterocycles. The molecule has 0 atom stereocenters. The van der Waals surface area contributed by atoms with E-state index in [0.29, 0.717) is 5.56 Å². The molecule has 0 amide bonds. The minimum absolute atomic E-state index is 0.0436. The van der Waals surface area contributed by atoms with E-state index < -0.39 is 0 Å². The fraction of sp³-hybridized carbons (Fsp3) is 0.278. The first-order chi connectivity index (χ1) is 9.97. The fourth-order valence-corrected chi connectivity index (χ4v) is 2.21. The van der Waals surface area contributed by atoms with Crippen LogP contribution in [0.15, 0.2) is 36.4 Å². The maximum absolute atomic E-state index is 13.5. The number of hydrogen-bond acceptors (Lipinski definition) is 2. The second-order valence-electron chi connectivity index (χ2n) is 5.30. The van der Waals surface area contributed by atoms with E-state index in [1.54, 1.807) is 18.2 Å². The molecule has 0 bridgehead atoms. The molecular weight excluding hydrogens is 267 g/mol. The Morgan fingerprint density at radius 1 is 1.14 bits per heavy atom. The smallest absolute Gasteiger partial charge is 0.174 e. The third-order valence-electron chi connectivity index (χ3n) is 3.50. The maximum Gasteiger partial charge on any atom is 0.174 e. The number of hydrogen-bond donors (Lipinski definition) is 0. The van der Waals surface area contributed by atoms with Crippen molar-refractivity contribution in [3.63, 3.8) is 0 Å². The van der Waals surface area contributed by atoms with E-state index in [2.05, 4.69) is 6.07 Å². The van der Waals surface area contributed by atoms with Gasteiger partial charge in [0.1, 0.15) is 18.2 Å². The first-order valence-corrected chi connectivity index (χ1v) is 6.93. The van der Waals surface area contributed by atoms with E-state index in [-0.39, 0.29) is 24.6 Å². The highest BCUT2D eigenvalue weighted by atomic mass is 19.1. The molecular formula is C18H19FO2. The van der Waals surface area contributed by atoms with Crippen molar-refractivity contribution in [2.24, 2.45) is 0 Å².